The zero-order valence-corrected chi connectivity index (χ0v) is 17.3. The summed E-state index contributed by atoms with van der Waals surface area (Å²) in [7, 11) is 0. The molecule has 1 aliphatic rings. The fourth-order valence-corrected chi connectivity index (χ4v) is 4.34. The summed E-state index contributed by atoms with van der Waals surface area (Å²) in [6.07, 6.45) is 8.04. The van der Waals surface area contributed by atoms with E-state index in [4.69, 9.17) is 9.47 Å². The number of ether oxygens (including phenoxy) is 2. The van der Waals surface area contributed by atoms with Gasteiger partial charge < -0.3 is 9.47 Å². The van der Waals surface area contributed by atoms with Crippen LogP contribution in [0.4, 0.5) is 0 Å². The van der Waals surface area contributed by atoms with Gasteiger partial charge in [0, 0.05) is 0 Å². The number of rotatable bonds is 8. The van der Waals surface area contributed by atoms with Crippen molar-refractivity contribution in [2.75, 3.05) is 0 Å². The van der Waals surface area contributed by atoms with Crippen LogP contribution in [0.3, 0.4) is 0 Å². The van der Waals surface area contributed by atoms with Gasteiger partial charge in [0.15, 0.2) is 0 Å². The summed E-state index contributed by atoms with van der Waals surface area (Å²) < 4.78 is 12.8. The molecule has 0 aromatic heterocycles. The lowest BCUT2D eigenvalue weighted by Crippen LogP contribution is -2.46. The molecule has 23 heavy (non-hydrogen) atoms. The van der Waals surface area contributed by atoms with Crippen molar-refractivity contribution in [3.05, 3.63) is 0 Å². The minimum atomic E-state index is -0.127. The van der Waals surface area contributed by atoms with Gasteiger partial charge in [0.2, 0.25) is 0 Å². The smallest absolute Gasteiger partial charge is 0.0661 e. The highest BCUT2D eigenvalue weighted by Gasteiger charge is 2.39. The minimum absolute atomic E-state index is 0.0350. The average Bonchev–Trinajstić information content (AvgIpc) is 2.36. The molecular formula is C21H42O2. The number of hydrogen-bond donors (Lipinski definition) is 0. The van der Waals surface area contributed by atoms with E-state index in [1.165, 1.54) is 32.1 Å². The number of hydrogen-bond acceptors (Lipinski definition) is 2. The Bertz CT molecular complexity index is 349. The lowest BCUT2D eigenvalue weighted by molar-refractivity contribution is -0.175. The van der Waals surface area contributed by atoms with Gasteiger partial charge in [-0.15, -0.1) is 0 Å². The van der Waals surface area contributed by atoms with Gasteiger partial charge in [0.1, 0.15) is 0 Å². The van der Waals surface area contributed by atoms with Crippen molar-refractivity contribution in [3.63, 3.8) is 0 Å². The van der Waals surface area contributed by atoms with Crippen LogP contribution in [0, 0.1) is 11.8 Å². The lowest BCUT2D eigenvalue weighted by atomic mass is 9.77. The van der Waals surface area contributed by atoms with Crippen LogP contribution in [0.1, 0.15) is 101 Å². The summed E-state index contributed by atoms with van der Waals surface area (Å²) in [6.45, 7) is 20.0. The van der Waals surface area contributed by atoms with E-state index >= 15 is 0 Å². The van der Waals surface area contributed by atoms with Gasteiger partial charge in [0.25, 0.3) is 0 Å². The molecule has 138 valence electrons. The van der Waals surface area contributed by atoms with Gasteiger partial charge in [-0.2, -0.15) is 0 Å². The van der Waals surface area contributed by atoms with Crippen molar-refractivity contribution in [1.82, 2.24) is 0 Å². The summed E-state index contributed by atoms with van der Waals surface area (Å²) in [4.78, 5) is 0. The van der Waals surface area contributed by atoms with E-state index in [0.717, 1.165) is 6.42 Å². The average molecular weight is 327 g/mol. The highest BCUT2D eigenvalue weighted by Crippen LogP contribution is 2.40. The van der Waals surface area contributed by atoms with Crippen molar-refractivity contribution in [1.29, 1.82) is 0 Å². The third-order valence-electron chi connectivity index (χ3n) is 5.65. The molecule has 0 saturated heterocycles. The van der Waals surface area contributed by atoms with Crippen LogP contribution < -0.4 is 0 Å². The zero-order valence-electron chi connectivity index (χ0n) is 17.3. The van der Waals surface area contributed by atoms with Crippen molar-refractivity contribution >= 4 is 0 Å². The summed E-state index contributed by atoms with van der Waals surface area (Å²) in [6, 6.07) is 0. The van der Waals surface area contributed by atoms with E-state index < -0.39 is 0 Å². The Hall–Kier alpha value is -0.0800. The maximum atomic E-state index is 6.68. The minimum Gasteiger partial charge on any atom is -0.373 e. The van der Waals surface area contributed by atoms with E-state index in [0.29, 0.717) is 11.8 Å². The van der Waals surface area contributed by atoms with E-state index in [9.17, 15) is 0 Å². The van der Waals surface area contributed by atoms with Crippen LogP contribution in [-0.4, -0.2) is 22.9 Å². The van der Waals surface area contributed by atoms with Crippen LogP contribution in [-0.2, 0) is 9.47 Å². The highest BCUT2D eigenvalue weighted by atomic mass is 16.5. The second kappa shape index (κ2) is 7.87. The molecule has 0 aliphatic heterocycles. The van der Waals surface area contributed by atoms with Crippen LogP contribution >= 0.6 is 0 Å². The highest BCUT2D eigenvalue weighted by molar-refractivity contribution is 4.89. The molecule has 1 aliphatic carbocycles. The predicted molar refractivity (Wildman–Crippen MR) is 99.9 cm³/mol. The maximum absolute atomic E-state index is 6.68. The molecule has 0 aromatic rings. The first-order valence-electron chi connectivity index (χ1n) is 9.74. The largest absolute Gasteiger partial charge is 0.373 e. The summed E-state index contributed by atoms with van der Waals surface area (Å²) >= 11 is 0. The zero-order chi connectivity index (χ0) is 17.9. The van der Waals surface area contributed by atoms with Crippen molar-refractivity contribution in [3.8, 4) is 0 Å². The predicted octanol–water partition coefficient (Wildman–Crippen LogP) is 6.37. The first kappa shape index (κ1) is 21.0. The lowest BCUT2D eigenvalue weighted by Gasteiger charge is -2.45. The van der Waals surface area contributed by atoms with Crippen molar-refractivity contribution < 1.29 is 9.47 Å². The topological polar surface area (TPSA) is 18.5 Å². The molecule has 2 nitrogen and oxygen atoms in total. The van der Waals surface area contributed by atoms with E-state index in [-0.39, 0.29) is 22.9 Å². The Morgan fingerprint density at radius 3 is 1.87 bits per heavy atom. The van der Waals surface area contributed by atoms with Gasteiger partial charge in [0.05, 0.1) is 22.9 Å². The van der Waals surface area contributed by atoms with Gasteiger partial charge in [-0.1, -0.05) is 26.2 Å². The van der Waals surface area contributed by atoms with Crippen molar-refractivity contribution in [2.24, 2.45) is 11.8 Å². The normalized spacial score (nSPS) is 20.1. The van der Waals surface area contributed by atoms with Gasteiger partial charge in [-0.3, -0.25) is 0 Å². The standard InChI is InChI=1S/C21H42O2/c1-16(2)22-20(6,7)17(3)15-19(4,5)23-21(8,9)18-13-11-10-12-14-18/h16-18H,10-15H2,1-9H3. The Balaban J connectivity index is 2.66. The Morgan fingerprint density at radius 1 is 0.870 bits per heavy atom. The third kappa shape index (κ3) is 6.74. The molecule has 0 aromatic carbocycles. The van der Waals surface area contributed by atoms with E-state index in [1.54, 1.807) is 0 Å². The van der Waals surface area contributed by atoms with Crippen LogP contribution in [0.2, 0.25) is 0 Å². The quantitative estimate of drug-likeness (QED) is 0.516. The Kier molecular flexibility index (Phi) is 7.17. The fourth-order valence-electron chi connectivity index (χ4n) is 4.34. The van der Waals surface area contributed by atoms with Gasteiger partial charge >= 0.3 is 0 Å². The van der Waals surface area contributed by atoms with Crippen LogP contribution in [0.15, 0.2) is 0 Å². The first-order chi connectivity index (χ1) is 10.4. The summed E-state index contributed by atoms with van der Waals surface area (Å²) in [5.41, 5.74) is -0.283. The van der Waals surface area contributed by atoms with Crippen LogP contribution in [0.25, 0.3) is 0 Å². The van der Waals surface area contributed by atoms with Gasteiger partial charge in [-0.25, -0.2) is 0 Å². The molecule has 1 saturated carbocycles. The van der Waals surface area contributed by atoms with E-state index in [2.05, 4.69) is 62.3 Å². The summed E-state index contributed by atoms with van der Waals surface area (Å²) in [5.74, 6) is 1.15. The second-order valence-corrected chi connectivity index (χ2v) is 9.68. The molecule has 0 spiro atoms. The summed E-state index contributed by atoms with van der Waals surface area (Å²) in [5, 5.41) is 0. The molecule has 1 rings (SSSR count). The molecule has 1 atom stereocenters. The maximum Gasteiger partial charge on any atom is 0.0661 e. The monoisotopic (exact) mass is 326 g/mol. The molecule has 0 amide bonds. The Labute approximate surface area is 145 Å². The second-order valence-electron chi connectivity index (χ2n) is 9.68. The SMILES string of the molecule is CC(C)OC(C)(C)C(C)CC(C)(C)OC(C)(C)C1CCCCC1. The molecule has 0 bridgehead atoms. The molecule has 1 fully saturated rings. The Morgan fingerprint density at radius 2 is 1.39 bits per heavy atom. The first-order valence-corrected chi connectivity index (χ1v) is 9.74. The molecule has 1 unspecified atom stereocenters. The molecule has 0 radical (unpaired) electrons. The molecule has 0 heterocycles. The molecule has 0 N–H and O–H groups in total. The van der Waals surface area contributed by atoms with Crippen molar-refractivity contribution in [2.45, 2.75) is 124 Å². The third-order valence-corrected chi connectivity index (χ3v) is 5.65. The van der Waals surface area contributed by atoms with Crippen LogP contribution in [0.5, 0.6) is 0 Å². The molecule has 2 heteroatoms. The molecular weight excluding hydrogens is 284 g/mol. The fraction of sp³-hybridized carbons (Fsp3) is 1.00. The van der Waals surface area contributed by atoms with Gasteiger partial charge in [-0.05, 0) is 86.5 Å². The van der Waals surface area contributed by atoms with E-state index in [1.807, 2.05) is 0 Å².